The number of rotatable bonds is 3. The van der Waals surface area contributed by atoms with Crippen molar-refractivity contribution in [3.05, 3.63) is 34.3 Å². The Bertz CT molecular complexity index is 393. The molecule has 0 aliphatic carbocycles. The summed E-state index contributed by atoms with van der Waals surface area (Å²) in [6.45, 7) is 0.721. The van der Waals surface area contributed by atoms with Crippen molar-refractivity contribution >= 4 is 21.9 Å². The number of halogens is 1. The van der Waals surface area contributed by atoms with Crippen molar-refractivity contribution in [2.24, 2.45) is 0 Å². The van der Waals surface area contributed by atoms with Gasteiger partial charge in [-0.25, -0.2) is 0 Å². The molecule has 0 bridgehead atoms. The summed E-state index contributed by atoms with van der Waals surface area (Å²) in [5.74, 6) is -0.301. The first-order valence-electron chi connectivity index (χ1n) is 5.47. The van der Waals surface area contributed by atoms with Crippen molar-refractivity contribution in [3.63, 3.8) is 0 Å². The molecule has 1 saturated heterocycles. The highest BCUT2D eigenvalue weighted by Crippen LogP contribution is 2.13. The fourth-order valence-corrected chi connectivity index (χ4v) is 2.00. The van der Waals surface area contributed by atoms with Gasteiger partial charge in [-0.1, -0.05) is 28.1 Å². The Morgan fingerprint density at radius 3 is 2.76 bits per heavy atom. The lowest BCUT2D eigenvalue weighted by atomic mass is 10.2. The number of carbonyl (C=O) groups excluding carboxylic acids is 1. The van der Waals surface area contributed by atoms with E-state index in [1.807, 2.05) is 24.3 Å². The minimum atomic E-state index is -0.444. The first-order valence-corrected chi connectivity index (χ1v) is 6.27. The molecule has 2 atom stereocenters. The van der Waals surface area contributed by atoms with Gasteiger partial charge in [0.15, 0.2) is 0 Å². The third-order valence-corrected chi connectivity index (χ3v) is 3.22. The van der Waals surface area contributed by atoms with Gasteiger partial charge in [0.2, 0.25) is 0 Å². The molecular weight excluding hydrogens is 286 g/mol. The smallest absolute Gasteiger partial charge is 0.323 e. The molecule has 1 aliphatic rings. The normalized spacial score (nSPS) is 23.6. The molecule has 0 saturated carbocycles. The van der Waals surface area contributed by atoms with Gasteiger partial charge in [-0.3, -0.25) is 4.79 Å². The topological polar surface area (TPSA) is 58.6 Å². The van der Waals surface area contributed by atoms with Crippen molar-refractivity contribution < 1.29 is 14.6 Å². The van der Waals surface area contributed by atoms with Gasteiger partial charge in [0, 0.05) is 17.4 Å². The van der Waals surface area contributed by atoms with Crippen molar-refractivity contribution in [1.29, 1.82) is 0 Å². The molecule has 0 spiro atoms. The molecule has 92 valence electrons. The Hall–Kier alpha value is -0.910. The molecule has 2 N–H and O–H groups in total. The van der Waals surface area contributed by atoms with Crippen molar-refractivity contribution in [3.8, 4) is 0 Å². The first-order chi connectivity index (χ1) is 8.15. The van der Waals surface area contributed by atoms with Crippen LogP contribution in [0.3, 0.4) is 0 Å². The fraction of sp³-hybridized carbons (Fsp3) is 0.417. The van der Waals surface area contributed by atoms with Crippen LogP contribution in [0.25, 0.3) is 0 Å². The minimum absolute atomic E-state index is 0.264. The molecule has 0 aromatic heterocycles. The van der Waals surface area contributed by atoms with Crippen LogP contribution in [-0.2, 0) is 16.1 Å². The van der Waals surface area contributed by atoms with E-state index in [1.54, 1.807) is 0 Å². The lowest BCUT2D eigenvalue weighted by Crippen LogP contribution is -2.32. The molecule has 1 aromatic rings. The average Bonchev–Trinajstić information content (AvgIpc) is 2.75. The molecule has 1 aliphatic heterocycles. The quantitative estimate of drug-likeness (QED) is 0.824. The van der Waals surface area contributed by atoms with Gasteiger partial charge in [-0.05, 0) is 17.7 Å². The maximum atomic E-state index is 11.6. The highest BCUT2D eigenvalue weighted by molar-refractivity contribution is 9.10. The lowest BCUT2D eigenvalue weighted by Gasteiger charge is -2.10. The zero-order valence-corrected chi connectivity index (χ0v) is 10.8. The number of nitrogens with one attached hydrogen (secondary N) is 1. The van der Waals surface area contributed by atoms with Crippen LogP contribution in [-0.4, -0.2) is 29.8 Å². The van der Waals surface area contributed by atoms with Crippen LogP contribution in [0, 0.1) is 0 Å². The molecule has 1 aromatic carbocycles. The molecule has 1 fully saturated rings. The summed E-state index contributed by atoms with van der Waals surface area (Å²) >= 11 is 3.34. The largest absolute Gasteiger partial charge is 0.460 e. The van der Waals surface area contributed by atoms with Gasteiger partial charge in [0.05, 0.1) is 6.10 Å². The van der Waals surface area contributed by atoms with Gasteiger partial charge >= 0.3 is 5.97 Å². The number of benzene rings is 1. The molecule has 1 heterocycles. The zero-order chi connectivity index (χ0) is 12.3. The van der Waals surface area contributed by atoms with Crippen LogP contribution in [0.5, 0.6) is 0 Å². The highest BCUT2D eigenvalue weighted by atomic mass is 79.9. The van der Waals surface area contributed by atoms with E-state index in [1.165, 1.54) is 0 Å². The third kappa shape index (κ3) is 3.52. The third-order valence-electron chi connectivity index (χ3n) is 2.69. The van der Waals surface area contributed by atoms with E-state index in [4.69, 9.17) is 4.74 Å². The second kappa shape index (κ2) is 5.62. The van der Waals surface area contributed by atoms with Crippen molar-refractivity contribution in [2.75, 3.05) is 6.54 Å². The first kappa shape index (κ1) is 12.5. The van der Waals surface area contributed by atoms with Crippen LogP contribution in [0.4, 0.5) is 0 Å². The van der Waals surface area contributed by atoms with Gasteiger partial charge < -0.3 is 15.2 Å². The van der Waals surface area contributed by atoms with Crippen LogP contribution >= 0.6 is 15.9 Å². The highest BCUT2D eigenvalue weighted by Gasteiger charge is 2.29. The maximum absolute atomic E-state index is 11.6. The average molecular weight is 300 g/mol. The van der Waals surface area contributed by atoms with Crippen LogP contribution in [0.2, 0.25) is 0 Å². The summed E-state index contributed by atoms with van der Waals surface area (Å²) in [6.07, 6.45) is -0.0145. The zero-order valence-electron chi connectivity index (χ0n) is 9.23. The van der Waals surface area contributed by atoms with Gasteiger partial charge in [0.1, 0.15) is 12.6 Å². The maximum Gasteiger partial charge on any atom is 0.323 e. The van der Waals surface area contributed by atoms with E-state index in [9.17, 15) is 9.90 Å². The van der Waals surface area contributed by atoms with E-state index in [0.29, 0.717) is 13.0 Å². The van der Waals surface area contributed by atoms with E-state index < -0.39 is 6.10 Å². The van der Waals surface area contributed by atoms with Crippen LogP contribution < -0.4 is 5.32 Å². The number of aliphatic hydroxyl groups excluding tert-OH is 1. The molecule has 2 rings (SSSR count). The van der Waals surface area contributed by atoms with Crippen molar-refractivity contribution in [1.82, 2.24) is 5.32 Å². The number of esters is 1. The predicted octanol–water partition coefficient (Wildman–Crippen LogP) is 1.22. The Morgan fingerprint density at radius 1 is 1.47 bits per heavy atom. The summed E-state index contributed by atoms with van der Waals surface area (Å²) in [4.78, 5) is 11.6. The Balaban J connectivity index is 1.82. The molecule has 5 heteroatoms. The Morgan fingerprint density at radius 2 is 2.18 bits per heavy atom. The predicted molar refractivity (Wildman–Crippen MR) is 66.4 cm³/mol. The van der Waals surface area contributed by atoms with Gasteiger partial charge in [0.25, 0.3) is 0 Å². The minimum Gasteiger partial charge on any atom is -0.460 e. The summed E-state index contributed by atoms with van der Waals surface area (Å²) in [6, 6.07) is 7.23. The monoisotopic (exact) mass is 299 g/mol. The lowest BCUT2D eigenvalue weighted by molar-refractivity contribution is -0.147. The van der Waals surface area contributed by atoms with Gasteiger partial charge in [-0.15, -0.1) is 0 Å². The Kier molecular flexibility index (Phi) is 4.15. The molecule has 17 heavy (non-hydrogen) atoms. The van der Waals surface area contributed by atoms with Crippen LogP contribution in [0.15, 0.2) is 28.7 Å². The van der Waals surface area contributed by atoms with E-state index in [-0.39, 0.29) is 18.6 Å². The molecule has 4 nitrogen and oxygen atoms in total. The number of carbonyl (C=O) groups is 1. The van der Waals surface area contributed by atoms with E-state index >= 15 is 0 Å². The summed E-state index contributed by atoms with van der Waals surface area (Å²) < 4.78 is 6.17. The standard InChI is InChI=1S/C12H14BrNO3/c13-9-3-1-8(2-4-9)7-17-12(16)11-5-10(15)6-14-11/h1-4,10-11,14-15H,5-7H2/t10-,11-/m1/s1. The van der Waals surface area contributed by atoms with Crippen LogP contribution in [0.1, 0.15) is 12.0 Å². The number of aliphatic hydroxyl groups is 1. The molecular formula is C12H14BrNO3. The Labute approximate surface area is 108 Å². The molecule has 0 amide bonds. The summed E-state index contributed by atoms with van der Waals surface area (Å²) in [5.41, 5.74) is 0.945. The van der Waals surface area contributed by atoms with E-state index in [0.717, 1.165) is 10.0 Å². The number of β-amino-alcohol motifs (C(OH)–C–C–N with tert-alkyl or cyclic N) is 1. The number of ether oxygens (including phenoxy) is 1. The second-order valence-corrected chi connectivity index (χ2v) is 5.00. The van der Waals surface area contributed by atoms with Crippen molar-refractivity contribution in [2.45, 2.75) is 25.2 Å². The SMILES string of the molecule is O=C(OCc1ccc(Br)cc1)[C@H]1C[C@@H](O)CN1. The summed E-state index contributed by atoms with van der Waals surface area (Å²) in [5, 5.41) is 12.2. The summed E-state index contributed by atoms with van der Waals surface area (Å²) in [7, 11) is 0. The van der Waals surface area contributed by atoms with Gasteiger partial charge in [-0.2, -0.15) is 0 Å². The molecule has 0 radical (unpaired) electrons. The number of hydrogen-bond acceptors (Lipinski definition) is 4. The second-order valence-electron chi connectivity index (χ2n) is 4.08. The molecule has 0 unspecified atom stereocenters. The van der Waals surface area contributed by atoms with E-state index in [2.05, 4.69) is 21.2 Å². The fourth-order valence-electron chi connectivity index (χ4n) is 1.73. The number of hydrogen-bond donors (Lipinski definition) is 2.